The van der Waals surface area contributed by atoms with E-state index in [1.807, 2.05) is 0 Å². The number of rotatable bonds is 1. The van der Waals surface area contributed by atoms with Gasteiger partial charge in [0.25, 0.3) is 0 Å². The second kappa shape index (κ2) is 1.66. The molecule has 1 heteroatoms. The van der Waals surface area contributed by atoms with Crippen LogP contribution in [0, 0.1) is 0 Å². The van der Waals surface area contributed by atoms with Gasteiger partial charge in [-0.25, -0.2) is 0 Å². The average Bonchev–Trinajstić information content (AvgIpc) is 1.65. The monoisotopic (exact) mass is 98.1 g/mol. The Balaban J connectivity index is 2.53. The van der Waals surface area contributed by atoms with Crippen molar-refractivity contribution in [1.82, 2.24) is 0 Å². The third-order valence-corrected chi connectivity index (χ3v) is 1.60. The second-order valence-electron chi connectivity index (χ2n) is 2.04. The van der Waals surface area contributed by atoms with Gasteiger partial charge in [-0.15, -0.1) is 0 Å². The summed E-state index contributed by atoms with van der Waals surface area (Å²) >= 11 is 0. The van der Waals surface area contributed by atoms with Crippen molar-refractivity contribution >= 4 is 0 Å². The highest BCUT2D eigenvalue weighted by molar-refractivity contribution is 5.22. The summed E-state index contributed by atoms with van der Waals surface area (Å²) in [5.74, 6) is 0. The largest absolute Gasteiger partial charge is 0.392 e. The Morgan fingerprint density at radius 2 is 2.29 bits per heavy atom. The molecule has 0 bridgehead atoms. The molecule has 0 saturated carbocycles. The molecule has 1 rings (SSSR count). The van der Waals surface area contributed by atoms with Crippen LogP contribution in [0.3, 0.4) is 0 Å². The summed E-state index contributed by atoms with van der Waals surface area (Å²) in [5, 5.41) is 8.50. The topological polar surface area (TPSA) is 20.2 Å². The summed E-state index contributed by atoms with van der Waals surface area (Å²) in [6.45, 7) is 2.36. The van der Waals surface area contributed by atoms with Gasteiger partial charge in [-0.05, 0) is 25.3 Å². The van der Waals surface area contributed by atoms with Gasteiger partial charge in [-0.3, -0.25) is 0 Å². The summed E-state index contributed by atoms with van der Waals surface area (Å²) in [5.41, 5.74) is 2.64. The van der Waals surface area contributed by atoms with Gasteiger partial charge in [-0.2, -0.15) is 0 Å². The van der Waals surface area contributed by atoms with E-state index in [2.05, 4.69) is 6.92 Å². The molecule has 40 valence electrons. The highest BCUT2D eigenvalue weighted by Crippen LogP contribution is 2.25. The molecule has 1 aliphatic rings. The Hall–Kier alpha value is -0.300. The molecule has 0 saturated heterocycles. The van der Waals surface area contributed by atoms with Crippen LogP contribution in [0.15, 0.2) is 11.1 Å². The molecular weight excluding hydrogens is 88.1 g/mol. The average molecular weight is 98.1 g/mol. The summed E-state index contributed by atoms with van der Waals surface area (Å²) < 4.78 is 0. The smallest absolute Gasteiger partial charge is 0.0644 e. The molecule has 0 radical (unpaired) electrons. The molecular formula is C6H10O. The number of aliphatic hydroxyl groups is 1. The fourth-order valence-corrected chi connectivity index (χ4v) is 0.766. The minimum Gasteiger partial charge on any atom is -0.392 e. The standard InChI is InChI=1S/C6H10O/c1-5-2-3-6(5)4-7/h7H,2-4H2,1H3. The predicted molar refractivity (Wildman–Crippen MR) is 29.0 cm³/mol. The molecule has 0 amide bonds. The zero-order valence-corrected chi connectivity index (χ0v) is 4.57. The van der Waals surface area contributed by atoms with Crippen LogP contribution in [0.25, 0.3) is 0 Å². The number of hydrogen-bond donors (Lipinski definition) is 1. The molecule has 0 unspecified atom stereocenters. The van der Waals surface area contributed by atoms with E-state index in [-0.39, 0.29) is 6.61 Å². The van der Waals surface area contributed by atoms with Crippen LogP contribution in [0.5, 0.6) is 0 Å². The van der Waals surface area contributed by atoms with Gasteiger partial charge in [0, 0.05) is 0 Å². The molecule has 0 aromatic rings. The first kappa shape index (κ1) is 4.85. The Labute approximate surface area is 43.7 Å². The lowest BCUT2D eigenvalue weighted by Crippen LogP contribution is -2.04. The Morgan fingerprint density at radius 3 is 2.29 bits per heavy atom. The highest BCUT2D eigenvalue weighted by atomic mass is 16.3. The van der Waals surface area contributed by atoms with E-state index in [4.69, 9.17) is 5.11 Å². The van der Waals surface area contributed by atoms with Crippen LogP contribution in [-0.4, -0.2) is 11.7 Å². The lowest BCUT2D eigenvalue weighted by molar-refractivity contribution is 0.318. The molecule has 7 heavy (non-hydrogen) atoms. The zero-order valence-electron chi connectivity index (χ0n) is 4.57. The van der Waals surface area contributed by atoms with Crippen molar-refractivity contribution in [2.24, 2.45) is 0 Å². The molecule has 0 aromatic heterocycles. The fourth-order valence-electron chi connectivity index (χ4n) is 0.766. The highest BCUT2D eigenvalue weighted by Gasteiger charge is 2.09. The second-order valence-corrected chi connectivity index (χ2v) is 2.04. The Bertz CT molecular complexity index is 103. The van der Waals surface area contributed by atoms with Gasteiger partial charge >= 0.3 is 0 Å². The summed E-state index contributed by atoms with van der Waals surface area (Å²) in [7, 11) is 0. The quantitative estimate of drug-likeness (QED) is 0.487. The van der Waals surface area contributed by atoms with Crippen LogP contribution < -0.4 is 0 Å². The third-order valence-electron chi connectivity index (χ3n) is 1.60. The van der Waals surface area contributed by atoms with Gasteiger partial charge < -0.3 is 5.11 Å². The predicted octanol–water partition coefficient (Wildman–Crippen LogP) is 1.09. The van der Waals surface area contributed by atoms with E-state index in [1.54, 1.807) is 0 Å². The molecule has 1 nitrogen and oxygen atoms in total. The van der Waals surface area contributed by atoms with Crippen LogP contribution in [0.1, 0.15) is 19.8 Å². The molecule has 0 spiro atoms. The molecule has 0 fully saturated rings. The van der Waals surface area contributed by atoms with Crippen LogP contribution in [0.2, 0.25) is 0 Å². The molecule has 0 aromatic carbocycles. The van der Waals surface area contributed by atoms with Gasteiger partial charge in [0.15, 0.2) is 0 Å². The Morgan fingerprint density at radius 1 is 1.57 bits per heavy atom. The SMILES string of the molecule is CC1=C(CO)CC1. The first-order valence-electron chi connectivity index (χ1n) is 2.63. The van der Waals surface area contributed by atoms with E-state index in [1.165, 1.54) is 17.6 Å². The van der Waals surface area contributed by atoms with Crippen molar-refractivity contribution in [3.8, 4) is 0 Å². The van der Waals surface area contributed by atoms with Gasteiger partial charge in [0.1, 0.15) is 0 Å². The van der Waals surface area contributed by atoms with Crippen molar-refractivity contribution in [1.29, 1.82) is 0 Å². The lowest BCUT2D eigenvalue weighted by Gasteiger charge is -2.17. The number of aliphatic hydroxyl groups excluding tert-OH is 1. The molecule has 0 atom stereocenters. The maximum atomic E-state index is 8.50. The molecule has 0 aliphatic heterocycles. The minimum absolute atomic E-state index is 0.284. The lowest BCUT2D eigenvalue weighted by atomic mass is 9.91. The minimum atomic E-state index is 0.284. The van der Waals surface area contributed by atoms with Crippen LogP contribution in [0.4, 0.5) is 0 Å². The number of allylic oxidation sites excluding steroid dienone is 1. The van der Waals surface area contributed by atoms with E-state index < -0.39 is 0 Å². The van der Waals surface area contributed by atoms with Crippen molar-refractivity contribution in [2.45, 2.75) is 19.8 Å². The van der Waals surface area contributed by atoms with Gasteiger partial charge in [-0.1, -0.05) is 5.57 Å². The van der Waals surface area contributed by atoms with E-state index in [0.717, 1.165) is 6.42 Å². The van der Waals surface area contributed by atoms with Crippen LogP contribution in [-0.2, 0) is 0 Å². The summed E-state index contributed by atoms with van der Waals surface area (Å²) in [6.07, 6.45) is 2.33. The van der Waals surface area contributed by atoms with E-state index >= 15 is 0 Å². The first-order valence-corrected chi connectivity index (χ1v) is 2.63. The third kappa shape index (κ3) is 0.682. The van der Waals surface area contributed by atoms with Crippen molar-refractivity contribution in [3.05, 3.63) is 11.1 Å². The first-order chi connectivity index (χ1) is 3.34. The van der Waals surface area contributed by atoms with E-state index in [9.17, 15) is 0 Å². The van der Waals surface area contributed by atoms with Crippen molar-refractivity contribution < 1.29 is 5.11 Å². The molecule has 1 N–H and O–H groups in total. The van der Waals surface area contributed by atoms with Crippen molar-refractivity contribution in [3.63, 3.8) is 0 Å². The molecule has 1 aliphatic carbocycles. The van der Waals surface area contributed by atoms with Gasteiger partial charge in [0.2, 0.25) is 0 Å². The van der Waals surface area contributed by atoms with Crippen molar-refractivity contribution in [2.75, 3.05) is 6.61 Å². The number of hydrogen-bond acceptors (Lipinski definition) is 1. The fraction of sp³-hybridized carbons (Fsp3) is 0.667. The maximum absolute atomic E-state index is 8.50. The maximum Gasteiger partial charge on any atom is 0.0644 e. The van der Waals surface area contributed by atoms with E-state index in [0.29, 0.717) is 0 Å². The van der Waals surface area contributed by atoms with Gasteiger partial charge in [0.05, 0.1) is 6.61 Å². The van der Waals surface area contributed by atoms with Crippen LogP contribution >= 0.6 is 0 Å². The normalized spacial score (nSPS) is 19.7. The zero-order chi connectivity index (χ0) is 5.28. The summed E-state index contributed by atoms with van der Waals surface area (Å²) in [6, 6.07) is 0. The summed E-state index contributed by atoms with van der Waals surface area (Å²) in [4.78, 5) is 0. The Kier molecular flexibility index (Phi) is 1.15. The molecule has 0 heterocycles.